The standard InChI is InChI=1S/C8H15N5O/c1-9-3-2-4-11-8(14)5-13-7-10-6-12-13/h6-7,9H,2-5H2,1H3,(H,11,14). The summed E-state index contributed by atoms with van der Waals surface area (Å²) in [7, 11) is 1.89. The van der Waals surface area contributed by atoms with E-state index in [0.29, 0.717) is 6.54 Å². The van der Waals surface area contributed by atoms with Gasteiger partial charge in [-0.25, -0.2) is 9.67 Å². The number of nitrogens with one attached hydrogen (secondary N) is 2. The van der Waals surface area contributed by atoms with Crippen LogP contribution in [0.4, 0.5) is 0 Å². The van der Waals surface area contributed by atoms with Gasteiger partial charge in [0.1, 0.15) is 19.2 Å². The summed E-state index contributed by atoms with van der Waals surface area (Å²) >= 11 is 0. The highest BCUT2D eigenvalue weighted by molar-refractivity contribution is 5.75. The first-order valence-corrected chi connectivity index (χ1v) is 4.56. The lowest BCUT2D eigenvalue weighted by atomic mass is 10.4. The third-order valence-corrected chi connectivity index (χ3v) is 1.70. The number of hydrogen-bond acceptors (Lipinski definition) is 4. The number of aromatic nitrogens is 3. The zero-order chi connectivity index (χ0) is 10.2. The van der Waals surface area contributed by atoms with E-state index >= 15 is 0 Å². The quantitative estimate of drug-likeness (QED) is 0.574. The predicted octanol–water partition coefficient (Wildman–Crippen LogP) is -0.996. The molecular weight excluding hydrogens is 182 g/mol. The highest BCUT2D eigenvalue weighted by Crippen LogP contribution is 1.80. The summed E-state index contributed by atoms with van der Waals surface area (Å²) in [4.78, 5) is 15.0. The fourth-order valence-corrected chi connectivity index (χ4v) is 1.01. The molecule has 0 spiro atoms. The maximum absolute atomic E-state index is 11.3. The average Bonchev–Trinajstić information content (AvgIpc) is 2.65. The maximum Gasteiger partial charge on any atom is 0.241 e. The van der Waals surface area contributed by atoms with Crippen LogP contribution in [0, 0.1) is 0 Å². The first-order chi connectivity index (χ1) is 6.83. The van der Waals surface area contributed by atoms with Crippen LogP contribution in [0.1, 0.15) is 6.42 Å². The Morgan fingerprint density at radius 2 is 2.36 bits per heavy atom. The Hall–Kier alpha value is -1.43. The summed E-state index contributed by atoms with van der Waals surface area (Å²) < 4.78 is 1.49. The summed E-state index contributed by atoms with van der Waals surface area (Å²) in [5.41, 5.74) is 0. The van der Waals surface area contributed by atoms with Crippen LogP contribution < -0.4 is 10.6 Å². The molecule has 6 nitrogen and oxygen atoms in total. The van der Waals surface area contributed by atoms with Crippen molar-refractivity contribution in [2.75, 3.05) is 20.1 Å². The molecule has 0 aliphatic rings. The van der Waals surface area contributed by atoms with Crippen LogP contribution in [0.5, 0.6) is 0 Å². The highest BCUT2D eigenvalue weighted by atomic mass is 16.2. The minimum atomic E-state index is -0.0356. The third-order valence-electron chi connectivity index (χ3n) is 1.70. The van der Waals surface area contributed by atoms with Crippen LogP contribution in [-0.2, 0) is 11.3 Å². The second kappa shape index (κ2) is 6.09. The first kappa shape index (κ1) is 10.6. The van der Waals surface area contributed by atoms with Gasteiger partial charge in [-0.05, 0) is 20.0 Å². The van der Waals surface area contributed by atoms with Crippen LogP contribution in [-0.4, -0.2) is 40.8 Å². The molecular formula is C8H15N5O. The first-order valence-electron chi connectivity index (χ1n) is 4.56. The molecule has 0 bridgehead atoms. The van der Waals surface area contributed by atoms with Crippen LogP contribution in [0.25, 0.3) is 0 Å². The van der Waals surface area contributed by atoms with Gasteiger partial charge in [-0.15, -0.1) is 0 Å². The van der Waals surface area contributed by atoms with E-state index in [1.165, 1.54) is 17.3 Å². The van der Waals surface area contributed by atoms with E-state index in [2.05, 4.69) is 20.7 Å². The second-order valence-electron chi connectivity index (χ2n) is 2.90. The van der Waals surface area contributed by atoms with Gasteiger partial charge in [0.25, 0.3) is 0 Å². The van der Waals surface area contributed by atoms with Gasteiger partial charge < -0.3 is 10.6 Å². The molecule has 0 atom stereocenters. The van der Waals surface area contributed by atoms with Crippen molar-refractivity contribution in [3.05, 3.63) is 12.7 Å². The van der Waals surface area contributed by atoms with E-state index in [1.807, 2.05) is 7.05 Å². The van der Waals surface area contributed by atoms with Gasteiger partial charge in [0.15, 0.2) is 0 Å². The van der Waals surface area contributed by atoms with Crippen molar-refractivity contribution in [2.24, 2.45) is 0 Å². The Labute approximate surface area is 82.7 Å². The average molecular weight is 197 g/mol. The van der Waals surface area contributed by atoms with Crippen molar-refractivity contribution in [1.82, 2.24) is 25.4 Å². The zero-order valence-electron chi connectivity index (χ0n) is 8.23. The van der Waals surface area contributed by atoms with Gasteiger partial charge in [-0.3, -0.25) is 4.79 Å². The number of carbonyl (C=O) groups is 1. The summed E-state index contributed by atoms with van der Waals surface area (Å²) in [6.07, 6.45) is 3.86. The number of rotatable bonds is 6. The van der Waals surface area contributed by atoms with E-state index in [1.54, 1.807) is 0 Å². The Bertz CT molecular complexity index is 259. The van der Waals surface area contributed by atoms with Crippen LogP contribution >= 0.6 is 0 Å². The number of hydrogen-bond donors (Lipinski definition) is 2. The molecule has 0 saturated carbocycles. The lowest BCUT2D eigenvalue weighted by molar-refractivity contribution is -0.121. The third kappa shape index (κ3) is 3.99. The molecule has 0 aliphatic heterocycles. The summed E-state index contributed by atoms with van der Waals surface area (Å²) in [5.74, 6) is -0.0356. The largest absolute Gasteiger partial charge is 0.354 e. The predicted molar refractivity (Wildman–Crippen MR) is 51.6 cm³/mol. The van der Waals surface area contributed by atoms with Gasteiger partial charge in [0.2, 0.25) is 5.91 Å². The second-order valence-corrected chi connectivity index (χ2v) is 2.90. The number of carbonyl (C=O) groups excluding carboxylic acids is 1. The Balaban J connectivity index is 2.11. The van der Waals surface area contributed by atoms with Crippen molar-refractivity contribution in [1.29, 1.82) is 0 Å². The minimum Gasteiger partial charge on any atom is -0.354 e. The highest BCUT2D eigenvalue weighted by Gasteiger charge is 2.01. The Morgan fingerprint density at radius 3 is 3.00 bits per heavy atom. The summed E-state index contributed by atoms with van der Waals surface area (Å²) in [6, 6.07) is 0. The molecule has 0 unspecified atom stereocenters. The van der Waals surface area contributed by atoms with Crippen molar-refractivity contribution in [2.45, 2.75) is 13.0 Å². The van der Waals surface area contributed by atoms with Crippen molar-refractivity contribution in [3.8, 4) is 0 Å². The monoisotopic (exact) mass is 197 g/mol. The van der Waals surface area contributed by atoms with E-state index in [-0.39, 0.29) is 12.5 Å². The Morgan fingerprint density at radius 1 is 1.50 bits per heavy atom. The molecule has 1 aromatic heterocycles. The molecule has 1 amide bonds. The van der Waals surface area contributed by atoms with Crippen LogP contribution in [0.2, 0.25) is 0 Å². The number of nitrogens with zero attached hydrogens (tertiary/aromatic N) is 3. The SMILES string of the molecule is CNCCCNC(=O)Cn1cncn1. The van der Waals surface area contributed by atoms with Gasteiger partial charge in [-0.2, -0.15) is 5.10 Å². The van der Waals surface area contributed by atoms with Gasteiger partial charge in [0.05, 0.1) is 0 Å². The molecule has 0 aromatic carbocycles. The molecule has 0 saturated heterocycles. The molecule has 0 fully saturated rings. The number of amides is 1. The maximum atomic E-state index is 11.3. The molecule has 14 heavy (non-hydrogen) atoms. The molecule has 1 heterocycles. The topological polar surface area (TPSA) is 71.8 Å². The van der Waals surface area contributed by atoms with Gasteiger partial charge in [0, 0.05) is 6.54 Å². The smallest absolute Gasteiger partial charge is 0.241 e. The molecule has 6 heteroatoms. The molecule has 0 radical (unpaired) electrons. The van der Waals surface area contributed by atoms with E-state index in [9.17, 15) is 4.79 Å². The van der Waals surface area contributed by atoms with Crippen LogP contribution in [0.3, 0.4) is 0 Å². The summed E-state index contributed by atoms with van der Waals surface area (Å²) in [6.45, 7) is 1.83. The van der Waals surface area contributed by atoms with Gasteiger partial charge >= 0.3 is 0 Å². The van der Waals surface area contributed by atoms with Crippen molar-refractivity contribution >= 4 is 5.91 Å². The molecule has 2 N–H and O–H groups in total. The van der Waals surface area contributed by atoms with E-state index in [4.69, 9.17) is 0 Å². The molecule has 0 aliphatic carbocycles. The lowest BCUT2D eigenvalue weighted by Gasteiger charge is -2.04. The van der Waals surface area contributed by atoms with Gasteiger partial charge in [-0.1, -0.05) is 0 Å². The fraction of sp³-hybridized carbons (Fsp3) is 0.625. The zero-order valence-corrected chi connectivity index (χ0v) is 8.23. The fourth-order valence-electron chi connectivity index (χ4n) is 1.01. The summed E-state index contributed by atoms with van der Waals surface area (Å²) in [5, 5.41) is 9.63. The van der Waals surface area contributed by atoms with E-state index < -0.39 is 0 Å². The van der Waals surface area contributed by atoms with E-state index in [0.717, 1.165) is 13.0 Å². The minimum absolute atomic E-state index is 0.0356. The molecule has 1 aromatic rings. The molecule has 78 valence electrons. The van der Waals surface area contributed by atoms with Crippen LogP contribution in [0.15, 0.2) is 12.7 Å². The Kier molecular flexibility index (Phi) is 4.63. The normalized spacial score (nSPS) is 10.1. The van der Waals surface area contributed by atoms with Crippen molar-refractivity contribution in [3.63, 3.8) is 0 Å². The van der Waals surface area contributed by atoms with Crippen molar-refractivity contribution < 1.29 is 4.79 Å². The lowest BCUT2D eigenvalue weighted by Crippen LogP contribution is -2.29. The molecule has 1 rings (SSSR count).